The van der Waals surface area contributed by atoms with Crippen molar-refractivity contribution in [3.05, 3.63) is 23.7 Å². The van der Waals surface area contributed by atoms with Crippen LogP contribution >= 0.6 is 0 Å². The zero-order valence-corrected chi connectivity index (χ0v) is 14.3. The third-order valence-electron chi connectivity index (χ3n) is 3.57. The SMILES string of the molecule is CCn1cc(-c2cc(C(F)(F)F)nc(NCCC(C)C)n2)c(C)n1. The average Bonchev–Trinajstić information content (AvgIpc) is 2.87. The predicted octanol–water partition coefficient (Wildman–Crippen LogP) is 4.15. The molecule has 8 heteroatoms. The van der Waals surface area contributed by atoms with Crippen molar-refractivity contribution in [3.8, 4) is 11.3 Å². The van der Waals surface area contributed by atoms with Gasteiger partial charge >= 0.3 is 6.18 Å². The highest BCUT2D eigenvalue weighted by molar-refractivity contribution is 5.62. The van der Waals surface area contributed by atoms with Crippen LogP contribution in [-0.4, -0.2) is 26.3 Å². The second kappa shape index (κ2) is 7.19. The van der Waals surface area contributed by atoms with Gasteiger partial charge in [0.1, 0.15) is 0 Å². The maximum atomic E-state index is 13.1. The zero-order valence-electron chi connectivity index (χ0n) is 14.3. The molecule has 132 valence electrons. The Morgan fingerprint density at radius 1 is 1.25 bits per heavy atom. The molecule has 0 aromatic carbocycles. The number of nitrogens with one attached hydrogen (secondary N) is 1. The average molecular weight is 341 g/mol. The summed E-state index contributed by atoms with van der Waals surface area (Å²) in [6, 6.07) is 0.970. The number of halogens is 3. The molecule has 0 spiro atoms. The maximum absolute atomic E-state index is 13.1. The second-order valence-electron chi connectivity index (χ2n) is 6.05. The normalized spacial score (nSPS) is 12.0. The van der Waals surface area contributed by atoms with E-state index in [1.54, 1.807) is 17.8 Å². The highest BCUT2D eigenvalue weighted by atomic mass is 19.4. The van der Waals surface area contributed by atoms with Crippen LogP contribution in [0, 0.1) is 12.8 Å². The number of aromatic nitrogens is 4. The van der Waals surface area contributed by atoms with Gasteiger partial charge in [0.2, 0.25) is 5.95 Å². The van der Waals surface area contributed by atoms with Crippen LogP contribution < -0.4 is 5.32 Å². The smallest absolute Gasteiger partial charge is 0.354 e. The Morgan fingerprint density at radius 3 is 2.50 bits per heavy atom. The molecule has 2 aromatic rings. The molecule has 0 unspecified atom stereocenters. The second-order valence-corrected chi connectivity index (χ2v) is 6.05. The molecule has 5 nitrogen and oxygen atoms in total. The van der Waals surface area contributed by atoms with Crippen molar-refractivity contribution in [2.45, 2.75) is 46.8 Å². The van der Waals surface area contributed by atoms with E-state index >= 15 is 0 Å². The van der Waals surface area contributed by atoms with Crippen LogP contribution in [-0.2, 0) is 12.7 Å². The fourth-order valence-electron chi connectivity index (χ4n) is 2.21. The van der Waals surface area contributed by atoms with Crippen molar-refractivity contribution >= 4 is 5.95 Å². The van der Waals surface area contributed by atoms with Gasteiger partial charge in [0.05, 0.1) is 11.4 Å². The molecule has 2 aromatic heterocycles. The van der Waals surface area contributed by atoms with Gasteiger partial charge in [-0.2, -0.15) is 18.3 Å². The standard InChI is InChI=1S/C16H22F3N5/c1-5-24-9-12(11(4)23-24)13-8-14(16(17,18)19)22-15(21-13)20-7-6-10(2)3/h8-10H,5-7H2,1-4H3,(H,20,21,22). The van der Waals surface area contributed by atoms with Crippen molar-refractivity contribution in [3.63, 3.8) is 0 Å². The summed E-state index contributed by atoms with van der Waals surface area (Å²) in [5.74, 6) is 0.428. The Labute approximate surface area is 139 Å². The Morgan fingerprint density at radius 2 is 1.96 bits per heavy atom. The Balaban J connectivity index is 2.40. The monoisotopic (exact) mass is 341 g/mol. The first kappa shape index (κ1) is 18.2. The number of hydrogen-bond acceptors (Lipinski definition) is 4. The summed E-state index contributed by atoms with van der Waals surface area (Å²) in [7, 11) is 0. The fourth-order valence-corrected chi connectivity index (χ4v) is 2.21. The Kier molecular flexibility index (Phi) is 5.46. The summed E-state index contributed by atoms with van der Waals surface area (Å²) in [5, 5.41) is 7.16. The van der Waals surface area contributed by atoms with Gasteiger partial charge in [0, 0.05) is 24.8 Å². The van der Waals surface area contributed by atoms with Crippen LogP contribution in [0.25, 0.3) is 11.3 Å². The van der Waals surface area contributed by atoms with Crippen LogP contribution in [0.1, 0.15) is 38.6 Å². The van der Waals surface area contributed by atoms with E-state index < -0.39 is 11.9 Å². The van der Waals surface area contributed by atoms with Gasteiger partial charge < -0.3 is 5.32 Å². The largest absolute Gasteiger partial charge is 0.433 e. The van der Waals surface area contributed by atoms with Crippen molar-refractivity contribution in [1.29, 1.82) is 0 Å². The molecule has 0 aliphatic heterocycles. The van der Waals surface area contributed by atoms with Crippen molar-refractivity contribution in [2.24, 2.45) is 5.92 Å². The molecule has 0 aliphatic rings. The topological polar surface area (TPSA) is 55.6 Å². The molecule has 0 saturated carbocycles. The van der Waals surface area contributed by atoms with Crippen LogP contribution in [0.5, 0.6) is 0 Å². The van der Waals surface area contributed by atoms with Crippen molar-refractivity contribution in [1.82, 2.24) is 19.7 Å². The molecule has 2 heterocycles. The lowest BCUT2D eigenvalue weighted by Gasteiger charge is -2.12. The molecular weight excluding hydrogens is 319 g/mol. The third-order valence-corrected chi connectivity index (χ3v) is 3.57. The molecule has 24 heavy (non-hydrogen) atoms. The minimum absolute atomic E-state index is 0.0101. The number of aryl methyl sites for hydroxylation is 2. The number of rotatable bonds is 6. The summed E-state index contributed by atoms with van der Waals surface area (Å²) < 4.78 is 41.1. The van der Waals surface area contributed by atoms with E-state index in [9.17, 15) is 13.2 Å². The molecule has 0 radical (unpaired) electrons. The Bertz CT molecular complexity index is 692. The Hall–Kier alpha value is -2.12. The molecule has 0 fully saturated rings. The number of hydrogen-bond donors (Lipinski definition) is 1. The lowest BCUT2D eigenvalue weighted by atomic mass is 10.1. The van der Waals surface area contributed by atoms with Crippen LogP contribution in [0.15, 0.2) is 12.3 Å². The predicted molar refractivity (Wildman–Crippen MR) is 86.6 cm³/mol. The van der Waals surface area contributed by atoms with Crippen LogP contribution in [0.2, 0.25) is 0 Å². The molecule has 0 aliphatic carbocycles. The van der Waals surface area contributed by atoms with Gasteiger partial charge in [-0.3, -0.25) is 4.68 Å². The lowest BCUT2D eigenvalue weighted by molar-refractivity contribution is -0.141. The molecule has 1 N–H and O–H groups in total. The summed E-state index contributed by atoms with van der Waals surface area (Å²) in [6.45, 7) is 8.91. The van der Waals surface area contributed by atoms with Crippen LogP contribution in [0.3, 0.4) is 0 Å². The highest BCUT2D eigenvalue weighted by Gasteiger charge is 2.34. The quantitative estimate of drug-likeness (QED) is 0.858. The first-order chi connectivity index (χ1) is 11.2. The summed E-state index contributed by atoms with van der Waals surface area (Å²) in [6.07, 6.45) is -2.00. The van der Waals surface area contributed by atoms with E-state index in [2.05, 4.69) is 20.4 Å². The van der Waals surface area contributed by atoms with Gasteiger partial charge in [-0.15, -0.1) is 0 Å². The zero-order chi connectivity index (χ0) is 17.9. The molecule has 0 amide bonds. The van der Waals surface area contributed by atoms with E-state index in [0.717, 1.165) is 12.5 Å². The van der Waals surface area contributed by atoms with Crippen molar-refractivity contribution < 1.29 is 13.2 Å². The molecule has 0 saturated heterocycles. The molecular formula is C16H22F3N5. The lowest BCUT2D eigenvalue weighted by Crippen LogP contribution is -2.14. The van der Waals surface area contributed by atoms with Crippen molar-refractivity contribution in [2.75, 3.05) is 11.9 Å². The summed E-state index contributed by atoms with van der Waals surface area (Å²) in [4.78, 5) is 7.86. The van der Waals surface area contributed by atoms with E-state index in [1.165, 1.54) is 0 Å². The first-order valence-electron chi connectivity index (χ1n) is 7.95. The molecule has 2 rings (SSSR count). The fraction of sp³-hybridized carbons (Fsp3) is 0.562. The van der Waals surface area contributed by atoms with E-state index in [0.29, 0.717) is 30.3 Å². The summed E-state index contributed by atoms with van der Waals surface area (Å²) in [5.41, 5.74) is 0.484. The summed E-state index contributed by atoms with van der Waals surface area (Å²) >= 11 is 0. The van der Waals surface area contributed by atoms with E-state index in [4.69, 9.17) is 0 Å². The number of anilines is 1. The maximum Gasteiger partial charge on any atom is 0.433 e. The van der Waals surface area contributed by atoms with Gasteiger partial charge in [0.25, 0.3) is 0 Å². The van der Waals surface area contributed by atoms with Gasteiger partial charge in [0.15, 0.2) is 5.69 Å². The minimum Gasteiger partial charge on any atom is -0.354 e. The number of alkyl halides is 3. The third kappa shape index (κ3) is 4.46. The minimum atomic E-state index is -4.53. The van der Waals surface area contributed by atoms with Gasteiger partial charge in [-0.1, -0.05) is 13.8 Å². The number of nitrogens with zero attached hydrogens (tertiary/aromatic N) is 4. The molecule has 0 atom stereocenters. The van der Waals surface area contributed by atoms with Gasteiger partial charge in [-0.05, 0) is 32.3 Å². The highest BCUT2D eigenvalue weighted by Crippen LogP contribution is 2.31. The van der Waals surface area contributed by atoms with Crippen LogP contribution in [0.4, 0.5) is 19.1 Å². The molecule has 0 bridgehead atoms. The van der Waals surface area contributed by atoms with E-state index in [1.807, 2.05) is 20.8 Å². The first-order valence-corrected chi connectivity index (χ1v) is 7.95. The van der Waals surface area contributed by atoms with E-state index in [-0.39, 0.29) is 11.6 Å². The van der Waals surface area contributed by atoms with Gasteiger partial charge in [-0.25, -0.2) is 9.97 Å².